The Morgan fingerprint density at radius 2 is 1.80 bits per heavy atom. The van der Waals surface area contributed by atoms with Crippen LogP contribution < -0.4 is 4.90 Å². The van der Waals surface area contributed by atoms with Crippen LogP contribution in [0.4, 0.5) is 5.82 Å². The van der Waals surface area contributed by atoms with E-state index in [1.54, 1.807) is 4.52 Å². The SMILES string of the molecule is Cc1cc(N2CCN(C(=O)c3cc(-c4cc(C)oc4C)nc4onc(C)c34)CC2)n2ncnc2n1. The quantitative estimate of drug-likeness (QED) is 0.390. The third kappa shape index (κ3) is 3.50. The molecule has 6 heterocycles. The van der Waals surface area contributed by atoms with Gasteiger partial charge in [0.1, 0.15) is 23.7 Å². The molecule has 1 aliphatic heterocycles. The highest BCUT2D eigenvalue weighted by molar-refractivity contribution is 6.07. The molecule has 1 fully saturated rings. The number of hydrogen-bond donors (Lipinski definition) is 0. The molecule has 0 saturated carbocycles. The number of piperazine rings is 1. The van der Waals surface area contributed by atoms with Gasteiger partial charge in [-0.15, -0.1) is 0 Å². The Balaban J connectivity index is 1.31. The number of carbonyl (C=O) groups excluding carboxylic acids is 1. The molecule has 0 N–H and O–H groups in total. The van der Waals surface area contributed by atoms with Gasteiger partial charge in [-0.25, -0.2) is 9.97 Å². The third-order valence-electron chi connectivity index (χ3n) is 6.42. The summed E-state index contributed by atoms with van der Waals surface area (Å²) in [5.41, 5.74) is 3.86. The molecule has 0 unspecified atom stereocenters. The van der Waals surface area contributed by atoms with E-state index in [9.17, 15) is 4.79 Å². The van der Waals surface area contributed by atoms with Crippen LogP contribution >= 0.6 is 0 Å². The maximum absolute atomic E-state index is 13.8. The third-order valence-corrected chi connectivity index (χ3v) is 6.42. The summed E-state index contributed by atoms with van der Waals surface area (Å²) in [5, 5.41) is 9.03. The fraction of sp³-hybridized carbons (Fsp3) is 0.333. The van der Waals surface area contributed by atoms with Crippen LogP contribution in [0.1, 0.15) is 33.3 Å². The van der Waals surface area contributed by atoms with Crippen molar-refractivity contribution in [3.05, 3.63) is 53.0 Å². The van der Waals surface area contributed by atoms with Crippen LogP contribution in [-0.2, 0) is 0 Å². The molecule has 0 aliphatic carbocycles. The van der Waals surface area contributed by atoms with E-state index in [1.807, 2.05) is 50.8 Å². The Labute approximate surface area is 200 Å². The second kappa shape index (κ2) is 7.90. The first-order valence-corrected chi connectivity index (χ1v) is 11.4. The van der Waals surface area contributed by atoms with E-state index in [1.165, 1.54) is 6.33 Å². The van der Waals surface area contributed by atoms with E-state index < -0.39 is 0 Å². The van der Waals surface area contributed by atoms with Gasteiger partial charge in [0.15, 0.2) is 0 Å². The number of anilines is 1. The number of amides is 1. The molecule has 35 heavy (non-hydrogen) atoms. The van der Waals surface area contributed by atoms with Crippen molar-refractivity contribution in [1.29, 1.82) is 0 Å². The average molecular weight is 473 g/mol. The number of pyridine rings is 1. The second-order valence-corrected chi connectivity index (χ2v) is 8.84. The van der Waals surface area contributed by atoms with Crippen molar-refractivity contribution in [2.24, 2.45) is 0 Å². The first kappa shape index (κ1) is 21.3. The van der Waals surface area contributed by atoms with Crippen LogP contribution in [0.25, 0.3) is 28.1 Å². The molecule has 0 atom stereocenters. The highest BCUT2D eigenvalue weighted by Crippen LogP contribution is 2.31. The molecule has 0 aromatic carbocycles. The molecule has 0 spiro atoms. The van der Waals surface area contributed by atoms with Gasteiger partial charge in [0, 0.05) is 43.5 Å². The zero-order chi connectivity index (χ0) is 24.3. The molecule has 11 heteroatoms. The number of furan rings is 1. The molecule has 0 bridgehead atoms. The molecule has 5 aromatic rings. The summed E-state index contributed by atoms with van der Waals surface area (Å²) in [6.45, 7) is 9.97. The fourth-order valence-electron chi connectivity index (χ4n) is 4.73. The van der Waals surface area contributed by atoms with E-state index in [0.717, 1.165) is 28.6 Å². The summed E-state index contributed by atoms with van der Waals surface area (Å²) in [6.07, 6.45) is 1.50. The molecule has 6 rings (SSSR count). The van der Waals surface area contributed by atoms with Crippen LogP contribution in [0.15, 0.2) is 33.5 Å². The van der Waals surface area contributed by atoms with Gasteiger partial charge in [-0.3, -0.25) is 4.79 Å². The lowest BCUT2D eigenvalue weighted by Gasteiger charge is -2.36. The number of nitrogens with zero attached hydrogens (tertiary/aromatic N) is 8. The summed E-state index contributed by atoms with van der Waals surface area (Å²) in [4.78, 5) is 31.1. The van der Waals surface area contributed by atoms with Gasteiger partial charge >= 0.3 is 0 Å². The Bertz CT molecular complexity index is 1590. The number of fused-ring (bicyclic) bond motifs is 2. The monoisotopic (exact) mass is 472 g/mol. The van der Waals surface area contributed by atoms with Crippen molar-refractivity contribution in [3.8, 4) is 11.3 Å². The number of hydrogen-bond acceptors (Lipinski definition) is 9. The summed E-state index contributed by atoms with van der Waals surface area (Å²) in [7, 11) is 0. The number of rotatable bonds is 3. The summed E-state index contributed by atoms with van der Waals surface area (Å²) >= 11 is 0. The fourth-order valence-corrected chi connectivity index (χ4v) is 4.73. The van der Waals surface area contributed by atoms with Crippen LogP contribution in [-0.4, -0.2) is 66.7 Å². The Morgan fingerprint density at radius 1 is 1.00 bits per heavy atom. The van der Waals surface area contributed by atoms with Crippen LogP contribution in [0.3, 0.4) is 0 Å². The lowest BCUT2D eigenvalue weighted by molar-refractivity contribution is 0.0748. The minimum Gasteiger partial charge on any atom is -0.466 e. The minimum atomic E-state index is -0.0701. The van der Waals surface area contributed by atoms with Crippen LogP contribution in [0.5, 0.6) is 0 Å². The van der Waals surface area contributed by atoms with Crippen molar-refractivity contribution in [3.63, 3.8) is 0 Å². The lowest BCUT2D eigenvalue weighted by Crippen LogP contribution is -2.49. The van der Waals surface area contributed by atoms with E-state index in [2.05, 4.69) is 30.1 Å². The van der Waals surface area contributed by atoms with Crippen molar-refractivity contribution < 1.29 is 13.7 Å². The lowest BCUT2D eigenvalue weighted by atomic mass is 10.0. The van der Waals surface area contributed by atoms with Crippen LogP contribution in [0.2, 0.25) is 0 Å². The second-order valence-electron chi connectivity index (χ2n) is 8.84. The molecule has 5 aromatic heterocycles. The smallest absolute Gasteiger partial charge is 0.259 e. The van der Waals surface area contributed by atoms with Crippen molar-refractivity contribution >= 4 is 28.6 Å². The van der Waals surface area contributed by atoms with E-state index in [-0.39, 0.29) is 5.91 Å². The van der Waals surface area contributed by atoms with Gasteiger partial charge in [0.2, 0.25) is 0 Å². The molecular weight excluding hydrogens is 448 g/mol. The normalized spacial score (nSPS) is 14.4. The predicted octanol–water partition coefficient (Wildman–Crippen LogP) is 3.12. The summed E-state index contributed by atoms with van der Waals surface area (Å²) in [6, 6.07) is 5.73. The van der Waals surface area contributed by atoms with Gasteiger partial charge in [0.05, 0.1) is 22.3 Å². The molecule has 178 valence electrons. The molecule has 11 nitrogen and oxygen atoms in total. The van der Waals surface area contributed by atoms with Gasteiger partial charge in [0.25, 0.3) is 17.4 Å². The Hall–Kier alpha value is -4.28. The maximum Gasteiger partial charge on any atom is 0.259 e. The maximum atomic E-state index is 13.8. The Kier molecular flexibility index (Phi) is 4.80. The summed E-state index contributed by atoms with van der Waals surface area (Å²) < 4.78 is 12.9. The van der Waals surface area contributed by atoms with Gasteiger partial charge in [-0.1, -0.05) is 5.16 Å². The van der Waals surface area contributed by atoms with Gasteiger partial charge in [-0.2, -0.15) is 14.6 Å². The molecule has 1 amide bonds. The van der Waals surface area contributed by atoms with Crippen LogP contribution in [0, 0.1) is 27.7 Å². The largest absolute Gasteiger partial charge is 0.466 e. The van der Waals surface area contributed by atoms with E-state index >= 15 is 0 Å². The molecule has 0 radical (unpaired) electrons. The highest BCUT2D eigenvalue weighted by atomic mass is 16.5. The van der Waals surface area contributed by atoms with Gasteiger partial charge < -0.3 is 18.7 Å². The summed E-state index contributed by atoms with van der Waals surface area (Å²) in [5.74, 6) is 2.94. The Morgan fingerprint density at radius 3 is 2.54 bits per heavy atom. The number of aromatic nitrogens is 6. The zero-order valence-electron chi connectivity index (χ0n) is 19.9. The van der Waals surface area contributed by atoms with Crippen molar-refractivity contribution in [2.45, 2.75) is 27.7 Å². The first-order valence-electron chi connectivity index (χ1n) is 11.4. The minimum absolute atomic E-state index is 0.0701. The van der Waals surface area contributed by atoms with Gasteiger partial charge in [-0.05, 0) is 39.8 Å². The number of carbonyl (C=O) groups is 1. The van der Waals surface area contributed by atoms with Crippen molar-refractivity contribution in [2.75, 3.05) is 31.1 Å². The van der Waals surface area contributed by atoms with Crippen molar-refractivity contribution in [1.82, 2.24) is 34.6 Å². The average Bonchev–Trinajstić information content (AvgIpc) is 3.56. The zero-order valence-corrected chi connectivity index (χ0v) is 19.9. The molecule has 1 saturated heterocycles. The topological polar surface area (TPSA) is 119 Å². The molecular formula is C24H24N8O3. The first-order chi connectivity index (χ1) is 16.9. The molecule has 1 aliphatic rings. The standard InChI is InChI=1S/C24H24N8O3/c1-13-9-20(32-24(27-13)25-12-26-32)30-5-7-31(8-6-30)23(33)18-11-19(17-10-14(2)34-16(17)4)28-22-21(18)15(3)29-35-22/h9-12H,5-8H2,1-4H3. The van der Waals surface area contributed by atoms with E-state index in [4.69, 9.17) is 8.94 Å². The highest BCUT2D eigenvalue weighted by Gasteiger charge is 2.28. The number of aryl methyl sites for hydroxylation is 4. The van der Waals surface area contributed by atoms with E-state index in [0.29, 0.717) is 60.0 Å². The predicted molar refractivity (Wildman–Crippen MR) is 127 cm³/mol.